The summed E-state index contributed by atoms with van der Waals surface area (Å²) >= 11 is 0. The number of aromatic nitrogens is 3. The molecule has 4 rings (SSSR count). The third-order valence-corrected chi connectivity index (χ3v) is 11.0. The molecule has 4 aromatic rings. The monoisotopic (exact) mass is 444 g/mol. The fraction of sp³-hybridized carbons (Fsp3) is 0.308. The lowest BCUT2D eigenvalue weighted by Crippen LogP contribution is -2.40. The zero-order valence-corrected chi connectivity index (χ0v) is 20.8. The summed E-state index contributed by atoms with van der Waals surface area (Å²) in [6, 6.07) is 16.8. The quantitative estimate of drug-likeness (QED) is 0.357. The largest absolute Gasteiger partial charge is 0.413 e. The van der Waals surface area contributed by atoms with Crippen LogP contribution in [0.5, 0.6) is 0 Å². The van der Waals surface area contributed by atoms with Gasteiger partial charge in [-0.1, -0.05) is 32.9 Å². The summed E-state index contributed by atoms with van der Waals surface area (Å²) in [5.41, 5.74) is 12.5. The van der Waals surface area contributed by atoms with Gasteiger partial charge in [0, 0.05) is 34.7 Å². The molecule has 0 radical (unpaired) electrons. The molecule has 1 aromatic carbocycles. The number of nitrogens with two attached hydrogens (primary N) is 1. The average molecular weight is 445 g/mol. The molecule has 0 unspecified atom stereocenters. The van der Waals surface area contributed by atoms with Gasteiger partial charge in [0.1, 0.15) is 5.82 Å². The minimum absolute atomic E-state index is 0.196. The smallest absolute Gasteiger partial charge is 0.192 e. The average Bonchev–Trinajstić information content (AvgIpc) is 3.10. The molecule has 0 aliphatic heterocycles. The summed E-state index contributed by atoms with van der Waals surface area (Å²) in [6.07, 6.45) is 3.63. The topological polar surface area (TPSA) is 66.0 Å². The fourth-order valence-electron chi connectivity index (χ4n) is 3.53. The molecule has 0 atom stereocenters. The molecule has 2 N–H and O–H groups in total. The van der Waals surface area contributed by atoms with Crippen molar-refractivity contribution in [2.24, 2.45) is 0 Å². The van der Waals surface area contributed by atoms with Crippen LogP contribution in [0.4, 0.5) is 5.82 Å². The first-order chi connectivity index (χ1) is 15.1. The van der Waals surface area contributed by atoms with Crippen molar-refractivity contribution < 1.29 is 4.43 Å². The molecule has 0 bridgehead atoms. The molecule has 0 spiro atoms. The lowest BCUT2D eigenvalue weighted by atomic mass is 10.1. The van der Waals surface area contributed by atoms with Gasteiger partial charge in [-0.3, -0.25) is 4.98 Å². The first kappa shape index (κ1) is 22.2. The third kappa shape index (κ3) is 4.20. The van der Waals surface area contributed by atoms with E-state index in [1.165, 1.54) is 5.56 Å². The summed E-state index contributed by atoms with van der Waals surface area (Å²) in [7, 11) is -1.79. The highest BCUT2D eigenvalue weighted by Gasteiger charge is 2.37. The maximum atomic E-state index is 6.40. The summed E-state index contributed by atoms with van der Waals surface area (Å²) in [5.74, 6) is 0.514. The minimum atomic E-state index is -1.79. The molecule has 0 saturated heterocycles. The molecule has 0 aliphatic rings. The number of benzene rings is 1. The third-order valence-electron chi connectivity index (χ3n) is 6.54. The fourth-order valence-corrected chi connectivity index (χ4v) is 4.49. The normalized spacial score (nSPS) is 12.4. The van der Waals surface area contributed by atoms with Crippen molar-refractivity contribution in [2.45, 2.75) is 52.4 Å². The van der Waals surface area contributed by atoms with Crippen LogP contribution in [0.2, 0.25) is 18.1 Å². The second-order valence-corrected chi connectivity index (χ2v) is 14.7. The number of aryl methyl sites for hydroxylation is 1. The number of anilines is 1. The predicted octanol–water partition coefficient (Wildman–Crippen LogP) is 6.50. The zero-order chi connectivity index (χ0) is 23.1. The SMILES string of the molecule is Cc1cc2c(cn1)cc(-c1cccnc1N)n2-c1ccc(CO[Si](C)(C)C(C)(C)C)cc1. The van der Waals surface area contributed by atoms with E-state index in [2.05, 4.69) is 84.8 Å². The van der Waals surface area contributed by atoms with E-state index in [9.17, 15) is 0 Å². The Morgan fingerprint density at radius 2 is 1.75 bits per heavy atom. The van der Waals surface area contributed by atoms with E-state index < -0.39 is 8.32 Å². The van der Waals surface area contributed by atoms with Crippen LogP contribution in [0.3, 0.4) is 0 Å². The number of hydrogen-bond donors (Lipinski definition) is 1. The van der Waals surface area contributed by atoms with Crippen LogP contribution >= 0.6 is 0 Å². The van der Waals surface area contributed by atoms with Crippen LogP contribution < -0.4 is 5.73 Å². The molecule has 0 aliphatic carbocycles. The maximum Gasteiger partial charge on any atom is 0.192 e. The molecule has 0 saturated carbocycles. The minimum Gasteiger partial charge on any atom is -0.413 e. The van der Waals surface area contributed by atoms with Crippen LogP contribution in [0.1, 0.15) is 32.0 Å². The molecule has 3 aromatic heterocycles. The summed E-state index contributed by atoms with van der Waals surface area (Å²) < 4.78 is 8.64. The van der Waals surface area contributed by atoms with Crippen LogP contribution in [-0.4, -0.2) is 22.9 Å². The van der Waals surface area contributed by atoms with E-state index in [1.54, 1.807) is 6.20 Å². The Kier molecular flexibility index (Phi) is 5.69. The van der Waals surface area contributed by atoms with Crippen molar-refractivity contribution in [3.63, 3.8) is 0 Å². The number of rotatable bonds is 5. The predicted molar refractivity (Wildman–Crippen MR) is 135 cm³/mol. The van der Waals surface area contributed by atoms with Gasteiger partial charge in [0.2, 0.25) is 0 Å². The molecule has 5 nitrogen and oxygen atoms in total. The van der Waals surface area contributed by atoms with Crippen molar-refractivity contribution in [1.82, 2.24) is 14.5 Å². The van der Waals surface area contributed by atoms with Gasteiger partial charge in [-0.25, -0.2) is 4.98 Å². The molecule has 166 valence electrons. The number of pyridine rings is 2. The second-order valence-electron chi connectivity index (χ2n) is 9.90. The lowest BCUT2D eigenvalue weighted by Gasteiger charge is -2.36. The van der Waals surface area contributed by atoms with Crippen molar-refractivity contribution in [1.29, 1.82) is 0 Å². The Labute approximate surface area is 191 Å². The Morgan fingerprint density at radius 1 is 1.03 bits per heavy atom. The van der Waals surface area contributed by atoms with Crippen molar-refractivity contribution in [3.8, 4) is 16.9 Å². The highest BCUT2D eigenvalue weighted by molar-refractivity contribution is 6.74. The van der Waals surface area contributed by atoms with E-state index >= 15 is 0 Å². The Morgan fingerprint density at radius 3 is 2.41 bits per heavy atom. The molecular weight excluding hydrogens is 412 g/mol. The second kappa shape index (κ2) is 8.19. The molecular formula is C26H32N4OSi. The molecule has 32 heavy (non-hydrogen) atoms. The van der Waals surface area contributed by atoms with Gasteiger partial charge in [-0.15, -0.1) is 0 Å². The van der Waals surface area contributed by atoms with Gasteiger partial charge in [0.05, 0.1) is 17.8 Å². The Balaban J connectivity index is 1.74. The van der Waals surface area contributed by atoms with E-state index in [0.717, 1.165) is 33.5 Å². The van der Waals surface area contributed by atoms with E-state index in [0.29, 0.717) is 12.4 Å². The first-order valence-electron chi connectivity index (χ1n) is 11.0. The van der Waals surface area contributed by atoms with Crippen molar-refractivity contribution in [3.05, 3.63) is 72.2 Å². The summed E-state index contributed by atoms with van der Waals surface area (Å²) in [5, 5.41) is 1.26. The van der Waals surface area contributed by atoms with Gasteiger partial charge in [-0.2, -0.15) is 0 Å². The van der Waals surface area contributed by atoms with Gasteiger partial charge >= 0.3 is 0 Å². The standard InChI is InChI=1S/C26H32N4OSi/c1-18-14-23-20(16-29-18)15-24(22-8-7-13-28-25(22)27)30(23)21-11-9-19(10-12-21)17-31-32(5,6)26(2,3)4/h7-16H,17H2,1-6H3,(H2,27,28). The molecule has 3 heterocycles. The maximum absolute atomic E-state index is 6.40. The van der Waals surface area contributed by atoms with Gasteiger partial charge in [-0.05, 0) is 67.0 Å². The number of nitrogens with zero attached hydrogens (tertiary/aromatic N) is 3. The van der Waals surface area contributed by atoms with E-state index in [4.69, 9.17) is 10.2 Å². The number of nitrogen functional groups attached to an aromatic ring is 1. The van der Waals surface area contributed by atoms with Crippen LogP contribution in [-0.2, 0) is 11.0 Å². The number of hydrogen-bond acceptors (Lipinski definition) is 4. The highest BCUT2D eigenvalue weighted by atomic mass is 28.4. The Bertz CT molecular complexity index is 1250. The first-order valence-corrected chi connectivity index (χ1v) is 13.9. The van der Waals surface area contributed by atoms with Crippen LogP contribution in [0.15, 0.2) is 60.9 Å². The summed E-state index contributed by atoms with van der Waals surface area (Å²) in [4.78, 5) is 8.78. The van der Waals surface area contributed by atoms with Gasteiger partial charge < -0.3 is 14.7 Å². The van der Waals surface area contributed by atoms with Gasteiger partial charge in [0.15, 0.2) is 8.32 Å². The van der Waals surface area contributed by atoms with Crippen molar-refractivity contribution >= 4 is 25.0 Å². The molecule has 6 heteroatoms. The van der Waals surface area contributed by atoms with Crippen molar-refractivity contribution in [2.75, 3.05) is 5.73 Å². The molecule has 0 fully saturated rings. The number of fused-ring (bicyclic) bond motifs is 1. The van der Waals surface area contributed by atoms with Crippen LogP contribution in [0, 0.1) is 6.92 Å². The Hall–Kier alpha value is -2.96. The highest BCUT2D eigenvalue weighted by Crippen LogP contribution is 2.37. The van der Waals surface area contributed by atoms with E-state index in [1.807, 2.05) is 25.3 Å². The van der Waals surface area contributed by atoms with Gasteiger partial charge in [0.25, 0.3) is 0 Å². The van der Waals surface area contributed by atoms with Crippen LogP contribution in [0.25, 0.3) is 27.8 Å². The molecule has 0 amide bonds. The van der Waals surface area contributed by atoms with E-state index in [-0.39, 0.29) is 5.04 Å². The summed E-state index contributed by atoms with van der Waals surface area (Å²) in [6.45, 7) is 14.0. The lowest BCUT2D eigenvalue weighted by molar-refractivity contribution is 0.276. The zero-order valence-electron chi connectivity index (χ0n) is 19.8.